The molecule has 2 atom stereocenters. The molecule has 2 aromatic carbocycles. The lowest BCUT2D eigenvalue weighted by Crippen LogP contribution is -2.51. The summed E-state index contributed by atoms with van der Waals surface area (Å²) in [6, 6.07) is 12.6. The Labute approximate surface area is 197 Å². The maximum atomic E-state index is 13.9. The van der Waals surface area contributed by atoms with Gasteiger partial charge in [0.05, 0.1) is 16.4 Å². The van der Waals surface area contributed by atoms with Crippen LogP contribution in [0.5, 0.6) is 0 Å². The second-order valence-electron chi connectivity index (χ2n) is 8.97. The molecule has 2 aromatic heterocycles. The van der Waals surface area contributed by atoms with Gasteiger partial charge in [-0.2, -0.15) is 4.98 Å². The molecule has 1 N–H and O–H groups in total. The van der Waals surface area contributed by atoms with Crippen LogP contribution in [0.4, 0.5) is 6.01 Å². The van der Waals surface area contributed by atoms with Gasteiger partial charge in [-0.3, -0.25) is 9.78 Å². The average Bonchev–Trinajstić information content (AvgIpc) is 3.47. The standard InChI is InChI=1S/C26H28N4O2S/c1-16-6-8-19(24-14-27-15-33-24)20(11-16)25(31)30-10-4-5-18(3)22(30)13-28-26-29-21-12-17(2)7-9-23(21)32-26/h6-9,11-12,14-15,18,22H,4-5,10,13H2,1-3H3,(H,28,29)/t18-,22-/m1/s1. The van der Waals surface area contributed by atoms with Gasteiger partial charge in [-0.15, -0.1) is 11.3 Å². The van der Waals surface area contributed by atoms with Crippen molar-refractivity contribution in [2.24, 2.45) is 5.92 Å². The van der Waals surface area contributed by atoms with E-state index >= 15 is 0 Å². The third-order valence-corrected chi connectivity index (χ3v) is 7.29. The SMILES string of the molecule is Cc1ccc(-c2cncs2)c(C(=O)N2CCC[C@@H](C)[C@H]2CNc2nc3cc(C)ccc3o2)c1. The number of anilines is 1. The molecule has 1 aliphatic heterocycles. The Morgan fingerprint density at radius 1 is 1.21 bits per heavy atom. The Kier molecular flexibility index (Phi) is 5.89. The first kappa shape index (κ1) is 21.6. The van der Waals surface area contributed by atoms with Crippen LogP contribution in [-0.2, 0) is 0 Å². The zero-order chi connectivity index (χ0) is 22.9. The Morgan fingerprint density at radius 2 is 2.03 bits per heavy atom. The molecule has 33 heavy (non-hydrogen) atoms. The largest absolute Gasteiger partial charge is 0.424 e. The smallest absolute Gasteiger partial charge is 0.295 e. The molecule has 1 fully saturated rings. The Morgan fingerprint density at radius 3 is 2.85 bits per heavy atom. The minimum absolute atomic E-state index is 0.0535. The molecule has 3 heterocycles. The molecule has 170 valence electrons. The van der Waals surface area contributed by atoms with Gasteiger partial charge in [0.25, 0.3) is 11.9 Å². The number of aryl methyl sites for hydroxylation is 2. The topological polar surface area (TPSA) is 71.3 Å². The van der Waals surface area contributed by atoms with Crippen molar-refractivity contribution >= 4 is 34.4 Å². The van der Waals surface area contributed by atoms with Gasteiger partial charge in [-0.05, 0) is 56.4 Å². The number of carbonyl (C=O) groups is 1. The molecule has 1 saturated heterocycles. The number of nitrogens with one attached hydrogen (secondary N) is 1. The molecule has 0 bridgehead atoms. The summed E-state index contributed by atoms with van der Waals surface area (Å²) in [6.45, 7) is 7.64. The third kappa shape index (κ3) is 4.37. The maximum Gasteiger partial charge on any atom is 0.295 e. The van der Waals surface area contributed by atoms with Gasteiger partial charge in [0.1, 0.15) is 5.52 Å². The van der Waals surface area contributed by atoms with Gasteiger partial charge in [0, 0.05) is 30.4 Å². The van der Waals surface area contributed by atoms with Crippen LogP contribution in [0, 0.1) is 19.8 Å². The Hall–Kier alpha value is -3.19. The van der Waals surface area contributed by atoms with E-state index in [4.69, 9.17) is 4.42 Å². The van der Waals surface area contributed by atoms with Crippen molar-refractivity contribution in [1.82, 2.24) is 14.9 Å². The minimum Gasteiger partial charge on any atom is -0.424 e. The van der Waals surface area contributed by atoms with Gasteiger partial charge in [0.15, 0.2) is 5.58 Å². The molecular weight excluding hydrogens is 432 g/mol. The predicted octanol–water partition coefficient (Wildman–Crippen LogP) is 5.92. The summed E-state index contributed by atoms with van der Waals surface area (Å²) in [5.74, 6) is 0.451. The molecule has 7 heteroatoms. The molecule has 0 radical (unpaired) electrons. The first-order valence-corrected chi connectivity index (χ1v) is 12.3. The van der Waals surface area contributed by atoms with E-state index in [0.29, 0.717) is 18.5 Å². The Balaban J connectivity index is 1.40. The highest BCUT2D eigenvalue weighted by atomic mass is 32.1. The summed E-state index contributed by atoms with van der Waals surface area (Å²) in [6.07, 6.45) is 3.94. The highest BCUT2D eigenvalue weighted by molar-refractivity contribution is 7.13. The molecule has 0 unspecified atom stereocenters. The van der Waals surface area contributed by atoms with Crippen molar-refractivity contribution in [2.75, 3.05) is 18.4 Å². The fraction of sp³-hybridized carbons (Fsp3) is 0.346. The zero-order valence-corrected chi connectivity index (χ0v) is 20.0. The van der Waals surface area contributed by atoms with Crippen LogP contribution in [-0.4, -0.2) is 39.9 Å². The number of rotatable bonds is 5. The quantitative estimate of drug-likeness (QED) is 0.400. The number of aromatic nitrogens is 2. The minimum atomic E-state index is 0.0535. The molecule has 0 aliphatic carbocycles. The van der Waals surface area contributed by atoms with Crippen LogP contribution in [0.2, 0.25) is 0 Å². The van der Waals surface area contributed by atoms with Crippen molar-refractivity contribution in [2.45, 2.75) is 39.7 Å². The molecule has 5 rings (SSSR count). The number of piperidine rings is 1. The number of likely N-dealkylation sites (tertiary alicyclic amines) is 1. The molecular formula is C26H28N4O2S. The normalized spacial score (nSPS) is 18.6. The van der Waals surface area contributed by atoms with E-state index in [1.165, 1.54) is 0 Å². The number of amides is 1. The summed E-state index contributed by atoms with van der Waals surface area (Å²) >= 11 is 1.56. The second kappa shape index (κ2) is 8.98. The lowest BCUT2D eigenvalue weighted by Gasteiger charge is -2.40. The number of hydrogen-bond donors (Lipinski definition) is 1. The number of oxazole rings is 1. The molecule has 0 saturated carbocycles. The molecule has 1 aliphatic rings. The maximum absolute atomic E-state index is 13.9. The predicted molar refractivity (Wildman–Crippen MR) is 133 cm³/mol. The highest BCUT2D eigenvalue weighted by Gasteiger charge is 2.33. The van der Waals surface area contributed by atoms with Crippen LogP contribution in [0.3, 0.4) is 0 Å². The van der Waals surface area contributed by atoms with E-state index in [1.807, 2.05) is 55.3 Å². The zero-order valence-electron chi connectivity index (χ0n) is 19.2. The number of fused-ring (bicyclic) bond motifs is 1. The summed E-state index contributed by atoms with van der Waals surface area (Å²) in [5, 5.41) is 3.36. The number of benzene rings is 2. The molecule has 0 spiro atoms. The summed E-state index contributed by atoms with van der Waals surface area (Å²) in [4.78, 5) is 25.7. The van der Waals surface area contributed by atoms with Crippen molar-refractivity contribution in [3.63, 3.8) is 0 Å². The summed E-state index contributed by atoms with van der Waals surface area (Å²) < 4.78 is 5.88. The second-order valence-corrected chi connectivity index (χ2v) is 9.86. The van der Waals surface area contributed by atoms with E-state index < -0.39 is 0 Å². The summed E-state index contributed by atoms with van der Waals surface area (Å²) in [7, 11) is 0. The van der Waals surface area contributed by atoms with Crippen LogP contribution in [0.1, 0.15) is 41.3 Å². The lowest BCUT2D eigenvalue weighted by atomic mass is 9.89. The van der Waals surface area contributed by atoms with Crippen molar-refractivity contribution in [3.8, 4) is 10.4 Å². The van der Waals surface area contributed by atoms with Crippen molar-refractivity contribution in [1.29, 1.82) is 0 Å². The fourth-order valence-electron chi connectivity index (χ4n) is 4.67. The van der Waals surface area contributed by atoms with Crippen molar-refractivity contribution < 1.29 is 9.21 Å². The third-order valence-electron chi connectivity index (χ3n) is 6.49. The van der Waals surface area contributed by atoms with Gasteiger partial charge >= 0.3 is 0 Å². The molecule has 1 amide bonds. The van der Waals surface area contributed by atoms with Crippen molar-refractivity contribution in [3.05, 3.63) is 64.8 Å². The first-order chi connectivity index (χ1) is 16.0. The highest BCUT2D eigenvalue weighted by Crippen LogP contribution is 2.32. The van der Waals surface area contributed by atoms with E-state index in [-0.39, 0.29) is 11.9 Å². The van der Waals surface area contributed by atoms with Gasteiger partial charge < -0.3 is 14.6 Å². The molecule has 4 aromatic rings. The van der Waals surface area contributed by atoms with Crippen LogP contribution in [0.25, 0.3) is 21.5 Å². The first-order valence-electron chi connectivity index (χ1n) is 11.4. The van der Waals surface area contributed by atoms with E-state index in [2.05, 4.69) is 28.3 Å². The number of carbonyl (C=O) groups excluding carboxylic acids is 1. The van der Waals surface area contributed by atoms with E-state index in [0.717, 1.165) is 57.6 Å². The Bertz CT molecular complexity index is 1280. The summed E-state index contributed by atoms with van der Waals surface area (Å²) in [5.41, 5.74) is 7.34. The van der Waals surface area contributed by atoms with E-state index in [1.54, 1.807) is 16.8 Å². The van der Waals surface area contributed by atoms with Crippen LogP contribution in [0.15, 0.2) is 52.5 Å². The molecule has 6 nitrogen and oxygen atoms in total. The lowest BCUT2D eigenvalue weighted by molar-refractivity contribution is 0.0540. The van der Waals surface area contributed by atoms with Crippen LogP contribution < -0.4 is 5.32 Å². The fourth-order valence-corrected chi connectivity index (χ4v) is 5.33. The number of nitrogens with zero attached hydrogens (tertiary/aromatic N) is 3. The van der Waals surface area contributed by atoms with Gasteiger partial charge in [-0.1, -0.05) is 30.7 Å². The van der Waals surface area contributed by atoms with E-state index in [9.17, 15) is 4.79 Å². The van der Waals surface area contributed by atoms with Gasteiger partial charge in [0.2, 0.25) is 0 Å². The number of thiazole rings is 1. The van der Waals surface area contributed by atoms with Crippen LogP contribution >= 0.6 is 11.3 Å². The van der Waals surface area contributed by atoms with Gasteiger partial charge in [-0.25, -0.2) is 0 Å². The number of hydrogen-bond acceptors (Lipinski definition) is 6. The monoisotopic (exact) mass is 460 g/mol. The average molecular weight is 461 g/mol.